The third-order valence-corrected chi connectivity index (χ3v) is 4.54. The molecule has 134 valence electrons. The van der Waals surface area contributed by atoms with Gasteiger partial charge in [-0.3, -0.25) is 4.79 Å². The van der Waals surface area contributed by atoms with Crippen LogP contribution >= 0.6 is 0 Å². The van der Waals surface area contributed by atoms with Gasteiger partial charge in [-0.1, -0.05) is 43.7 Å². The maximum Gasteiger partial charge on any atom is 0.226 e. The first kappa shape index (κ1) is 19.0. The number of benzene rings is 2. The van der Waals surface area contributed by atoms with Gasteiger partial charge in [0.05, 0.1) is 5.69 Å². The highest BCUT2D eigenvalue weighted by Gasteiger charge is 2.18. The van der Waals surface area contributed by atoms with E-state index in [0.29, 0.717) is 19.6 Å². The first-order chi connectivity index (χ1) is 12.0. The van der Waals surface area contributed by atoms with Gasteiger partial charge in [-0.15, -0.1) is 0 Å². The zero-order valence-corrected chi connectivity index (χ0v) is 16.1. The Morgan fingerprint density at radius 2 is 1.84 bits per heavy atom. The Morgan fingerprint density at radius 1 is 1.08 bits per heavy atom. The van der Waals surface area contributed by atoms with Crippen molar-refractivity contribution in [3.8, 4) is 5.75 Å². The zero-order valence-electron chi connectivity index (χ0n) is 16.1. The van der Waals surface area contributed by atoms with E-state index in [1.807, 2.05) is 36.9 Å². The number of nitrogens with zero attached hydrogens (tertiary/aromatic N) is 1. The van der Waals surface area contributed by atoms with Crippen molar-refractivity contribution in [3.63, 3.8) is 0 Å². The van der Waals surface area contributed by atoms with Crippen LogP contribution in [0.4, 0.5) is 5.69 Å². The van der Waals surface area contributed by atoms with Gasteiger partial charge in [-0.2, -0.15) is 0 Å². The van der Waals surface area contributed by atoms with Crippen LogP contribution < -0.4 is 9.64 Å². The molecular weight excluding hydrogens is 310 g/mol. The molecule has 0 fully saturated rings. The van der Waals surface area contributed by atoms with E-state index in [4.69, 9.17) is 4.74 Å². The lowest BCUT2D eigenvalue weighted by molar-refractivity contribution is -0.118. The number of carbonyl (C=O) groups is 1. The Hall–Kier alpha value is -2.29. The summed E-state index contributed by atoms with van der Waals surface area (Å²) in [7, 11) is 0. The maximum atomic E-state index is 12.3. The fourth-order valence-electron chi connectivity index (χ4n) is 3.15. The maximum absolute atomic E-state index is 12.3. The smallest absolute Gasteiger partial charge is 0.226 e. The largest absolute Gasteiger partial charge is 0.489 e. The molecular formula is C22H29NO2. The van der Waals surface area contributed by atoms with Crippen molar-refractivity contribution in [2.75, 3.05) is 11.4 Å². The van der Waals surface area contributed by atoms with E-state index >= 15 is 0 Å². The SMILES string of the molecule is CCC(=O)N(CC)c1cccc(CC)c1COc1ccc(C)cc1C. The summed E-state index contributed by atoms with van der Waals surface area (Å²) in [6.07, 6.45) is 1.42. The van der Waals surface area contributed by atoms with Crippen LogP contribution in [0.3, 0.4) is 0 Å². The number of ether oxygens (including phenoxy) is 1. The molecule has 0 saturated heterocycles. The van der Waals surface area contributed by atoms with Crippen molar-refractivity contribution in [1.82, 2.24) is 0 Å². The summed E-state index contributed by atoms with van der Waals surface area (Å²) < 4.78 is 6.13. The quantitative estimate of drug-likeness (QED) is 0.693. The summed E-state index contributed by atoms with van der Waals surface area (Å²) in [5.74, 6) is 1.04. The minimum atomic E-state index is 0.142. The molecule has 0 heterocycles. The number of hydrogen-bond donors (Lipinski definition) is 0. The van der Waals surface area contributed by atoms with Gasteiger partial charge in [0.15, 0.2) is 0 Å². The molecule has 0 N–H and O–H groups in total. The van der Waals surface area contributed by atoms with Crippen molar-refractivity contribution in [2.24, 2.45) is 0 Å². The second-order valence-electron chi connectivity index (χ2n) is 6.32. The molecule has 2 rings (SSSR count). The second-order valence-corrected chi connectivity index (χ2v) is 6.32. The first-order valence-corrected chi connectivity index (χ1v) is 9.12. The first-order valence-electron chi connectivity index (χ1n) is 9.12. The van der Waals surface area contributed by atoms with E-state index < -0.39 is 0 Å². The molecule has 0 atom stereocenters. The molecule has 1 amide bonds. The summed E-state index contributed by atoms with van der Waals surface area (Å²) in [5.41, 5.74) is 5.66. The third-order valence-electron chi connectivity index (χ3n) is 4.54. The van der Waals surface area contributed by atoms with Gasteiger partial charge >= 0.3 is 0 Å². The van der Waals surface area contributed by atoms with Crippen LogP contribution in [0, 0.1) is 13.8 Å². The fourth-order valence-corrected chi connectivity index (χ4v) is 3.15. The summed E-state index contributed by atoms with van der Waals surface area (Å²) in [6.45, 7) is 11.3. The average Bonchev–Trinajstić information content (AvgIpc) is 2.61. The molecule has 0 radical (unpaired) electrons. The molecule has 0 aliphatic heterocycles. The number of carbonyl (C=O) groups excluding carboxylic acids is 1. The van der Waals surface area contributed by atoms with Crippen molar-refractivity contribution in [3.05, 3.63) is 58.7 Å². The summed E-state index contributed by atoms with van der Waals surface area (Å²) in [5, 5.41) is 0. The van der Waals surface area contributed by atoms with E-state index in [1.165, 1.54) is 11.1 Å². The normalized spacial score (nSPS) is 10.6. The van der Waals surface area contributed by atoms with Crippen LogP contribution in [-0.4, -0.2) is 12.5 Å². The Morgan fingerprint density at radius 3 is 2.44 bits per heavy atom. The number of hydrogen-bond acceptors (Lipinski definition) is 2. The highest BCUT2D eigenvalue weighted by molar-refractivity contribution is 5.94. The number of anilines is 1. The molecule has 0 spiro atoms. The molecule has 0 unspecified atom stereocenters. The lowest BCUT2D eigenvalue weighted by Gasteiger charge is -2.25. The van der Waals surface area contributed by atoms with Gasteiger partial charge in [0.1, 0.15) is 12.4 Å². The monoisotopic (exact) mass is 339 g/mol. The highest BCUT2D eigenvalue weighted by Crippen LogP contribution is 2.28. The summed E-state index contributed by atoms with van der Waals surface area (Å²) in [6, 6.07) is 12.4. The van der Waals surface area contributed by atoms with Gasteiger partial charge in [0.2, 0.25) is 5.91 Å². The summed E-state index contributed by atoms with van der Waals surface area (Å²) >= 11 is 0. The van der Waals surface area contributed by atoms with Gasteiger partial charge in [0.25, 0.3) is 0 Å². The van der Waals surface area contributed by atoms with Crippen LogP contribution in [0.2, 0.25) is 0 Å². The topological polar surface area (TPSA) is 29.5 Å². The third kappa shape index (κ3) is 4.41. The van der Waals surface area contributed by atoms with Gasteiger partial charge in [-0.25, -0.2) is 0 Å². The molecule has 0 aliphatic rings. The van der Waals surface area contributed by atoms with Gasteiger partial charge < -0.3 is 9.64 Å². The number of amides is 1. The van der Waals surface area contributed by atoms with Gasteiger partial charge in [-0.05, 0) is 50.5 Å². The predicted octanol–water partition coefficient (Wildman–Crippen LogP) is 5.21. The fraction of sp³-hybridized carbons (Fsp3) is 0.409. The molecule has 3 heteroatoms. The molecule has 0 aliphatic carbocycles. The predicted molar refractivity (Wildman–Crippen MR) is 104 cm³/mol. The molecule has 0 saturated carbocycles. The lowest BCUT2D eigenvalue weighted by atomic mass is 10.0. The van der Waals surface area contributed by atoms with Crippen molar-refractivity contribution >= 4 is 11.6 Å². The molecule has 0 bridgehead atoms. The van der Waals surface area contributed by atoms with Crippen LogP contribution in [0.1, 0.15) is 49.4 Å². The molecule has 3 nitrogen and oxygen atoms in total. The van der Waals surface area contributed by atoms with Crippen LogP contribution in [-0.2, 0) is 17.8 Å². The van der Waals surface area contributed by atoms with Crippen LogP contribution in [0.5, 0.6) is 5.75 Å². The van der Waals surface area contributed by atoms with Crippen LogP contribution in [0.25, 0.3) is 0 Å². The second kappa shape index (κ2) is 8.70. The Labute approximate surface area is 151 Å². The Bertz CT molecular complexity index is 737. The molecule has 0 aromatic heterocycles. The highest BCUT2D eigenvalue weighted by atomic mass is 16.5. The lowest BCUT2D eigenvalue weighted by Crippen LogP contribution is -2.31. The van der Waals surface area contributed by atoms with Crippen LogP contribution in [0.15, 0.2) is 36.4 Å². The van der Waals surface area contributed by atoms with E-state index in [1.54, 1.807) is 0 Å². The average molecular weight is 339 g/mol. The van der Waals surface area contributed by atoms with E-state index in [2.05, 4.69) is 39.0 Å². The minimum absolute atomic E-state index is 0.142. The Balaban J connectivity index is 2.36. The molecule has 2 aromatic carbocycles. The molecule has 25 heavy (non-hydrogen) atoms. The minimum Gasteiger partial charge on any atom is -0.489 e. The van der Waals surface area contributed by atoms with E-state index in [-0.39, 0.29) is 5.91 Å². The standard InChI is InChI=1S/C22H29NO2/c1-6-18-10-9-11-20(23(8-3)22(24)7-2)19(18)15-25-21-13-12-16(4)14-17(21)5/h9-14H,6-8,15H2,1-5H3. The Kier molecular flexibility index (Phi) is 6.63. The van der Waals surface area contributed by atoms with E-state index in [0.717, 1.165) is 29.0 Å². The summed E-state index contributed by atoms with van der Waals surface area (Å²) in [4.78, 5) is 14.2. The van der Waals surface area contributed by atoms with Crippen molar-refractivity contribution < 1.29 is 9.53 Å². The van der Waals surface area contributed by atoms with Gasteiger partial charge in [0, 0.05) is 18.5 Å². The zero-order chi connectivity index (χ0) is 18.4. The van der Waals surface area contributed by atoms with Crippen molar-refractivity contribution in [2.45, 2.75) is 54.1 Å². The van der Waals surface area contributed by atoms with E-state index in [9.17, 15) is 4.79 Å². The number of aryl methyl sites for hydroxylation is 3. The molecule has 2 aromatic rings. The van der Waals surface area contributed by atoms with Crippen molar-refractivity contribution in [1.29, 1.82) is 0 Å². The number of rotatable bonds is 7.